The Kier molecular flexibility index (Phi) is 18.9. The maximum absolute atomic E-state index is 12.1. The van der Waals surface area contributed by atoms with Gasteiger partial charge in [0, 0.05) is 12.8 Å². The zero-order chi connectivity index (χ0) is 25.8. The Morgan fingerprint density at radius 2 is 1.29 bits per heavy atom. The van der Waals surface area contributed by atoms with Gasteiger partial charge in [0.2, 0.25) is 0 Å². The van der Waals surface area contributed by atoms with Crippen molar-refractivity contribution in [2.45, 2.75) is 103 Å². The summed E-state index contributed by atoms with van der Waals surface area (Å²) in [7, 11) is -4.91. The van der Waals surface area contributed by atoms with E-state index in [4.69, 9.17) is 14.0 Å². The number of carboxylic acids is 1. The third-order valence-corrected chi connectivity index (χ3v) is 5.81. The van der Waals surface area contributed by atoms with E-state index < -0.39 is 51.1 Å². The van der Waals surface area contributed by atoms with Crippen molar-refractivity contribution in [1.29, 1.82) is 0 Å². The fraction of sp³-hybridized carbons (Fsp3) is 0.864. The minimum atomic E-state index is -4.91. The van der Waals surface area contributed by atoms with Crippen molar-refractivity contribution in [3.05, 3.63) is 0 Å². The predicted octanol–water partition coefficient (Wildman–Crippen LogP) is 1.02. The van der Waals surface area contributed by atoms with Crippen LogP contribution in [0.5, 0.6) is 0 Å². The number of phosphoric acid groups is 1. The number of carboxylic acid groups (broad SMARTS) is 1. The first-order valence-electron chi connectivity index (χ1n) is 12.1. The molecule has 0 radical (unpaired) electrons. The van der Waals surface area contributed by atoms with E-state index in [9.17, 15) is 28.9 Å². The molecule has 0 saturated carbocycles. The van der Waals surface area contributed by atoms with E-state index in [0.29, 0.717) is 12.8 Å². The second-order valence-electron chi connectivity index (χ2n) is 8.18. The Hall–Kier alpha value is -1.52. The number of esters is 2. The number of carbonyl (C=O) groups excluding carboxylic acids is 3. The lowest BCUT2D eigenvalue weighted by Gasteiger charge is -2.26. The standard InChI is InChI=1S/C22H42NO10P/c1-3-5-7-9-11-13-20(24)30-15-18(33-21(25)14-12-10-8-6-4-2)16-31-34(28,29)32-17-19(23)22(26)27/h18-19H,3-17,23H2,1-2H3,(H,26,27)(H,28,29)/p-1/t18-,19+/m1/s1. The largest absolute Gasteiger partial charge is 0.756 e. The Labute approximate surface area is 202 Å². The SMILES string of the molecule is CCCCCCCC(=O)OC[C@H](COP(=O)([O-])OC[C@H]([NH3+])C(=O)[O-])OC(=O)CCCCCCC. The second-order valence-corrected chi connectivity index (χ2v) is 9.59. The molecule has 3 N–H and O–H groups in total. The van der Waals surface area contributed by atoms with E-state index in [1.54, 1.807) is 0 Å². The summed E-state index contributed by atoms with van der Waals surface area (Å²) in [5.74, 6) is -2.61. The van der Waals surface area contributed by atoms with Crippen LogP contribution in [-0.4, -0.2) is 49.9 Å². The summed E-state index contributed by atoms with van der Waals surface area (Å²) < 4.78 is 31.4. The van der Waals surface area contributed by atoms with Crippen molar-refractivity contribution in [3.63, 3.8) is 0 Å². The van der Waals surface area contributed by atoms with Crippen LogP contribution in [0.15, 0.2) is 0 Å². The number of carbonyl (C=O) groups is 3. The van der Waals surface area contributed by atoms with Gasteiger partial charge in [-0.15, -0.1) is 0 Å². The van der Waals surface area contributed by atoms with Gasteiger partial charge in [0.15, 0.2) is 6.10 Å². The molecular weight excluding hydrogens is 469 g/mol. The zero-order valence-electron chi connectivity index (χ0n) is 20.5. The lowest BCUT2D eigenvalue weighted by atomic mass is 10.1. The molecule has 0 rings (SSSR count). The predicted molar refractivity (Wildman–Crippen MR) is 119 cm³/mol. The molecule has 200 valence electrons. The Morgan fingerprint density at radius 3 is 1.82 bits per heavy atom. The summed E-state index contributed by atoms with van der Waals surface area (Å²) in [5.41, 5.74) is 3.18. The topological polar surface area (TPSA) is 179 Å². The first-order valence-corrected chi connectivity index (χ1v) is 13.6. The molecule has 0 aliphatic rings. The molecular formula is C22H41NO10P-. The molecule has 1 unspecified atom stereocenters. The summed E-state index contributed by atoms with van der Waals surface area (Å²) >= 11 is 0. The number of hydrogen-bond acceptors (Lipinski definition) is 10. The molecule has 0 heterocycles. The fourth-order valence-corrected chi connectivity index (χ4v) is 3.61. The maximum atomic E-state index is 12.1. The highest BCUT2D eigenvalue weighted by Gasteiger charge is 2.22. The second kappa shape index (κ2) is 19.8. The first-order chi connectivity index (χ1) is 16.1. The molecule has 0 spiro atoms. The third kappa shape index (κ3) is 18.9. The van der Waals surface area contributed by atoms with Gasteiger partial charge in [-0.3, -0.25) is 14.2 Å². The molecule has 0 aromatic rings. The molecule has 0 saturated heterocycles. The van der Waals surface area contributed by atoms with Crippen LogP contribution in [0.4, 0.5) is 0 Å². The van der Waals surface area contributed by atoms with Gasteiger partial charge < -0.3 is 39.0 Å². The molecule has 34 heavy (non-hydrogen) atoms. The fourth-order valence-electron chi connectivity index (χ4n) is 2.83. The molecule has 11 nitrogen and oxygen atoms in total. The highest BCUT2D eigenvalue weighted by molar-refractivity contribution is 7.45. The lowest BCUT2D eigenvalue weighted by molar-refractivity contribution is -0.441. The average molecular weight is 511 g/mol. The van der Waals surface area contributed by atoms with Gasteiger partial charge in [-0.2, -0.15) is 0 Å². The Bertz CT molecular complexity index is 631. The molecule has 3 atom stereocenters. The summed E-state index contributed by atoms with van der Waals surface area (Å²) in [4.78, 5) is 46.6. The van der Waals surface area contributed by atoms with Crippen LogP contribution >= 0.6 is 7.82 Å². The van der Waals surface area contributed by atoms with Gasteiger partial charge in [-0.05, 0) is 12.8 Å². The van der Waals surface area contributed by atoms with Gasteiger partial charge in [-0.25, -0.2) is 0 Å². The Balaban J connectivity index is 4.67. The van der Waals surface area contributed by atoms with Crippen molar-refractivity contribution in [2.24, 2.45) is 0 Å². The number of hydrogen-bond donors (Lipinski definition) is 1. The van der Waals surface area contributed by atoms with Gasteiger partial charge in [0.25, 0.3) is 7.82 Å². The number of quaternary nitrogens is 1. The summed E-state index contributed by atoms with van der Waals surface area (Å²) in [5, 5.41) is 10.6. The van der Waals surface area contributed by atoms with Crippen LogP contribution in [0.3, 0.4) is 0 Å². The van der Waals surface area contributed by atoms with E-state index in [1.165, 1.54) is 0 Å². The third-order valence-electron chi connectivity index (χ3n) is 4.88. The summed E-state index contributed by atoms with van der Waals surface area (Å²) in [6.45, 7) is 2.40. The van der Waals surface area contributed by atoms with Crippen LogP contribution in [-0.2, 0) is 37.5 Å². The summed E-state index contributed by atoms with van der Waals surface area (Å²) in [6.07, 6.45) is 8.62. The molecule has 0 aliphatic carbocycles. The van der Waals surface area contributed by atoms with Crippen LogP contribution in [0.25, 0.3) is 0 Å². The lowest BCUT2D eigenvalue weighted by Crippen LogP contribution is -2.70. The van der Waals surface area contributed by atoms with Crippen molar-refractivity contribution in [2.75, 3.05) is 19.8 Å². The quantitative estimate of drug-likeness (QED) is 0.126. The van der Waals surface area contributed by atoms with E-state index in [1.807, 2.05) is 0 Å². The van der Waals surface area contributed by atoms with Gasteiger partial charge in [-0.1, -0.05) is 65.2 Å². The van der Waals surface area contributed by atoms with Crippen molar-refractivity contribution in [3.8, 4) is 0 Å². The van der Waals surface area contributed by atoms with Gasteiger partial charge >= 0.3 is 11.9 Å². The molecule has 12 heteroatoms. The van der Waals surface area contributed by atoms with E-state index in [0.717, 1.165) is 51.4 Å². The molecule has 0 aromatic carbocycles. The zero-order valence-corrected chi connectivity index (χ0v) is 21.4. The van der Waals surface area contributed by atoms with Crippen molar-refractivity contribution >= 4 is 25.7 Å². The van der Waals surface area contributed by atoms with E-state index in [2.05, 4.69) is 24.1 Å². The number of rotatable bonds is 22. The van der Waals surface area contributed by atoms with E-state index in [-0.39, 0.29) is 19.4 Å². The van der Waals surface area contributed by atoms with Crippen molar-refractivity contribution < 1.29 is 53.2 Å². The van der Waals surface area contributed by atoms with Crippen LogP contribution < -0.4 is 15.7 Å². The smallest absolute Gasteiger partial charge is 0.306 e. The molecule has 0 bridgehead atoms. The minimum absolute atomic E-state index is 0.145. The highest BCUT2D eigenvalue weighted by atomic mass is 31.2. The molecule has 0 aromatic heterocycles. The van der Waals surface area contributed by atoms with Crippen molar-refractivity contribution in [1.82, 2.24) is 0 Å². The van der Waals surface area contributed by atoms with Gasteiger partial charge in [0.05, 0.1) is 6.61 Å². The van der Waals surface area contributed by atoms with Crippen LogP contribution in [0.1, 0.15) is 90.9 Å². The Morgan fingerprint density at radius 1 is 0.794 bits per heavy atom. The highest BCUT2D eigenvalue weighted by Crippen LogP contribution is 2.38. The van der Waals surface area contributed by atoms with Crippen LogP contribution in [0, 0.1) is 0 Å². The number of phosphoric ester groups is 1. The molecule has 0 fully saturated rings. The maximum Gasteiger partial charge on any atom is 0.306 e. The van der Waals surface area contributed by atoms with Crippen LogP contribution in [0.2, 0.25) is 0 Å². The normalized spacial score (nSPS) is 14.7. The average Bonchev–Trinajstić information content (AvgIpc) is 2.79. The molecule has 0 amide bonds. The molecule has 0 aliphatic heterocycles. The summed E-state index contributed by atoms with van der Waals surface area (Å²) in [6, 6.07) is -1.41. The minimum Gasteiger partial charge on any atom is -0.756 e. The first kappa shape index (κ1) is 32.5. The monoisotopic (exact) mass is 510 g/mol. The van der Waals surface area contributed by atoms with Gasteiger partial charge in [0.1, 0.15) is 25.2 Å². The number of aliphatic carboxylic acids is 1. The van der Waals surface area contributed by atoms with E-state index >= 15 is 0 Å². The number of ether oxygens (including phenoxy) is 2. The number of unbranched alkanes of at least 4 members (excludes halogenated alkanes) is 8.